The fraction of sp³-hybridized carbons (Fsp3) is 0.300. The maximum Gasteiger partial charge on any atom is 0.273 e. The Labute approximate surface area is 157 Å². The van der Waals surface area contributed by atoms with Crippen LogP contribution in [0.1, 0.15) is 41.3 Å². The lowest BCUT2D eigenvalue weighted by Crippen LogP contribution is -2.34. The minimum Gasteiger partial charge on any atom is -0.322 e. The molecular formula is C20H21N3O4. The van der Waals surface area contributed by atoms with E-state index in [1.54, 1.807) is 30.0 Å². The van der Waals surface area contributed by atoms with Crippen molar-refractivity contribution in [3.8, 4) is 0 Å². The van der Waals surface area contributed by atoms with E-state index in [0.717, 1.165) is 24.1 Å². The van der Waals surface area contributed by atoms with Gasteiger partial charge in [0.05, 0.1) is 4.92 Å². The summed E-state index contributed by atoms with van der Waals surface area (Å²) in [7, 11) is 0. The first kappa shape index (κ1) is 18.6. The lowest BCUT2D eigenvalue weighted by Gasteiger charge is -2.29. The van der Waals surface area contributed by atoms with Gasteiger partial charge in [0.2, 0.25) is 5.91 Å². The summed E-state index contributed by atoms with van der Waals surface area (Å²) in [5.41, 5.74) is 3.15. The Morgan fingerprint density at radius 1 is 1.22 bits per heavy atom. The quantitative estimate of drug-likeness (QED) is 0.656. The minimum absolute atomic E-state index is 0.0817. The molecule has 0 spiro atoms. The van der Waals surface area contributed by atoms with Crippen molar-refractivity contribution < 1.29 is 14.5 Å². The summed E-state index contributed by atoms with van der Waals surface area (Å²) in [5.74, 6) is -0.324. The molecule has 0 aromatic heterocycles. The molecule has 7 nitrogen and oxygen atoms in total. The predicted molar refractivity (Wildman–Crippen MR) is 103 cm³/mol. The Bertz CT molecular complexity index is 923. The van der Waals surface area contributed by atoms with Gasteiger partial charge in [-0.15, -0.1) is 0 Å². The minimum atomic E-state index is -0.496. The van der Waals surface area contributed by atoms with Gasteiger partial charge in [0, 0.05) is 41.5 Å². The number of hydrogen-bond acceptors (Lipinski definition) is 4. The first-order chi connectivity index (χ1) is 12.9. The molecule has 0 saturated carbocycles. The molecule has 7 heteroatoms. The van der Waals surface area contributed by atoms with Gasteiger partial charge in [-0.3, -0.25) is 19.7 Å². The molecule has 0 saturated heterocycles. The van der Waals surface area contributed by atoms with Crippen molar-refractivity contribution in [2.24, 2.45) is 0 Å². The summed E-state index contributed by atoms with van der Waals surface area (Å²) < 4.78 is 0. The first-order valence-electron chi connectivity index (χ1n) is 8.90. The van der Waals surface area contributed by atoms with Crippen LogP contribution in [0.5, 0.6) is 0 Å². The van der Waals surface area contributed by atoms with Crippen molar-refractivity contribution in [3.05, 3.63) is 63.2 Å². The fourth-order valence-corrected chi connectivity index (χ4v) is 3.28. The molecule has 3 rings (SSSR count). The van der Waals surface area contributed by atoms with Crippen molar-refractivity contribution in [1.29, 1.82) is 0 Å². The largest absolute Gasteiger partial charge is 0.322 e. The zero-order valence-corrected chi connectivity index (χ0v) is 15.3. The Morgan fingerprint density at radius 2 is 2.00 bits per heavy atom. The number of nitrogens with zero attached hydrogens (tertiary/aromatic N) is 2. The normalized spacial score (nSPS) is 13.0. The van der Waals surface area contributed by atoms with Gasteiger partial charge in [0.25, 0.3) is 11.6 Å². The Morgan fingerprint density at radius 3 is 2.70 bits per heavy atom. The number of carbonyl (C=O) groups excluding carboxylic acids is 2. The maximum atomic E-state index is 12.5. The van der Waals surface area contributed by atoms with Gasteiger partial charge in [-0.1, -0.05) is 13.0 Å². The van der Waals surface area contributed by atoms with Crippen molar-refractivity contribution in [2.45, 2.75) is 33.1 Å². The SMILES string of the molecule is CCC(=O)N1CCCc2cc(NC(=O)c3ccc(C)c([N+](=O)[O-])c3)ccc21. The van der Waals surface area contributed by atoms with Crippen molar-refractivity contribution in [2.75, 3.05) is 16.8 Å². The van der Waals surface area contributed by atoms with E-state index in [-0.39, 0.29) is 17.2 Å². The predicted octanol–water partition coefficient (Wildman–Crippen LogP) is 3.84. The van der Waals surface area contributed by atoms with E-state index < -0.39 is 10.8 Å². The third kappa shape index (κ3) is 3.81. The highest BCUT2D eigenvalue weighted by molar-refractivity contribution is 6.05. The van der Waals surface area contributed by atoms with Crippen LogP contribution in [0.25, 0.3) is 0 Å². The molecule has 0 atom stereocenters. The van der Waals surface area contributed by atoms with Crippen LogP contribution in [0.3, 0.4) is 0 Å². The lowest BCUT2D eigenvalue weighted by atomic mass is 10.0. The van der Waals surface area contributed by atoms with Crippen molar-refractivity contribution >= 4 is 28.9 Å². The highest BCUT2D eigenvalue weighted by Crippen LogP contribution is 2.30. The molecule has 2 aromatic rings. The van der Waals surface area contributed by atoms with Crippen molar-refractivity contribution in [1.82, 2.24) is 0 Å². The third-order valence-corrected chi connectivity index (χ3v) is 4.73. The van der Waals surface area contributed by atoms with Gasteiger partial charge < -0.3 is 10.2 Å². The monoisotopic (exact) mass is 367 g/mol. The molecule has 1 aliphatic heterocycles. The van der Waals surface area contributed by atoms with E-state index in [9.17, 15) is 19.7 Å². The number of nitrogens with one attached hydrogen (secondary N) is 1. The third-order valence-electron chi connectivity index (χ3n) is 4.73. The summed E-state index contributed by atoms with van der Waals surface area (Å²) in [6.45, 7) is 4.18. The summed E-state index contributed by atoms with van der Waals surface area (Å²) in [6.07, 6.45) is 2.16. The summed E-state index contributed by atoms with van der Waals surface area (Å²) in [5, 5.41) is 13.9. The number of fused-ring (bicyclic) bond motifs is 1. The topological polar surface area (TPSA) is 92.6 Å². The van der Waals surface area contributed by atoms with E-state index in [2.05, 4.69) is 5.32 Å². The van der Waals surface area contributed by atoms with E-state index in [0.29, 0.717) is 24.2 Å². The number of nitro groups is 1. The average Bonchev–Trinajstić information content (AvgIpc) is 2.66. The summed E-state index contributed by atoms with van der Waals surface area (Å²) in [6, 6.07) is 9.87. The fourth-order valence-electron chi connectivity index (χ4n) is 3.28. The number of amides is 2. The molecule has 1 N–H and O–H groups in total. The van der Waals surface area contributed by atoms with E-state index >= 15 is 0 Å². The van der Waals surface area contributed by atoms with Gasteiger partial charge in [0.1, 0.15) is 0 Å². The van der Waals surface area contributed by atoms with E-state index in [1.807, 2.05) is 19.1 Å². The standard InChI is InChI=1S/C20H21N3O4/c1-3-19(24)22-10-4-5-14-11-16(8-9-17(14)22)21-20(25)15-7-6-13(2)18(12-15)23(26)27/h6-9,11-12H,3-5,10H2,1-2H3,(H,21,25). The van der Waals surface area contributed by atoms with Crippen LogP contribution in [0.4, 0.5) is 17.1 Å². The van der Waals surface area contributed by atoms with Gasteiger partial charge in [0.15, 0.2) is 0 Å². The average molecular weight is 367 g/mol. The second-order valence-corrected chi connectivity index (χ2v) is 6.56. The Balaban J connectivity index is 1.83. The molecular weight excluding hydrogens is 346 g/mol. The second kappa shape index (κ2) is 7.57. The zero-order valence-electron chi connectivity index (χ0n) is 15.3. The van der Waals surface area contributed by atoms with Crippen molar-refractivity contribution in [3.63, 3.8) is 0 Å². The van der Waals surface area contributed by atoms with Gasteiger partial charge in [-0.05, 0) is 49.6 Å². The smallest absolute Gasteiger partial charge is 0.273 e. The number of hydrogen-bond donors (Lipinski definition) is 1. The van der Waals surface area contributed by atoms with Crippen LogP contribution in [0, 0.1) is 17.0 Å². The molecule has 0 unspecified atom stereocenters. The molecule has 2 amide bonds. The van der Waals surface area contributed by atoms with Gasteiger partial charge in [-0.25, -0.2) is 0 Å². The van der Waals surface area contributed by atoms with Crippen LogP contribution in [0.2, 0.25) is 0 Å². The van der Waals surface area contributed by atoms with Crippen LogP contribution >= 0.6 is 0 Å². The second-order valence-electron chi connectivity index (χ2n) is 6.56. The highest BCUT2D eigenvalue weighted by atomic mass is 16.6. The zero-order chi connectivity index (χ0) is 19.6. The number of rotatable bonds is 4. The summed E-state index contributed by atoms with van der Waals surface area (Å²) >= 11 is 0. The van der Waals surface area contributed by atoms with Crippen LogP contribution in [-0.4, -0.2) is 23.3 Å². The molecule has 0 bridgehead atoms. The Kier molecular flexibility index (Phi) is 5.21. The Hall–Kier alpha value is -3.22. The number of anilines is 2. The number of benzene rings is 2. The molecule has 2 aromatic carbocycles. The van der Waals surface area contributed by atoms with E-state index in [1.165, 1.54) is 6.07 Å². The van der Waals surface area contributed by atoms with Gasteiger partial charge in [-0.2, -0.15) is 0 Å². The lowest BCUT2D eigenvalue weighted by molar-refractivity contribution is -0.385. The molecule has 1 heterocycles. The molecule has 27 heavy (non-hydrogen) atoms. The highest BCUT2D eigenvalue weighted by Gasteiger charge is 2.22. The summed E-state index contributed by atoms with van der Waals surface area (Å²) in [4.78, 5) is 36.9. The first-order valence-corrected chi connectivity index (χ1v) is 8.90. The maximum absolute atomic E-state index is 12.5. The molecule has 0 fully saturated rings. The van der Waals surface area contributed by atoms with Gasteiger partial charge >= 0.3 is 0 Å². The number of aryl methyl sites for hydroxylation is 2. The van der Waals surface area contributed by atoms with E-state index in [4.69, 9.17) is 0 Å². The number of carbonyl (C=O) groups is 2. The van der Waals surface area contributed by atoms with Crippen LogP contribution < -0.4 is 10.2 Å². The molecule has 140 valence electrons. The number of nitro benzene ring substituents is 1. The molecule has 1 aliphatic rings. The van der Waals surface area contributed by atoms with Crippen LogP contribution in [-0.2, 0) is 11.2 Å². The molecule has 0 radical (unpaired) electrons. The molecule has 0 aliphatic carbocycles. The van der Waals surface area contributed by atoms with Crippen LogP contribution in [0.15, 0.2) is 36.4 Å².